The van der Waals surface area contributed by atoms with Crippen LogP contribution >= 0.6 is 0 Å². The summed E-state index contributed by atoms with van der Waals surface area (Å²) in [5, 5.41) is 6.79. The molecule has 0 bridgehead atoms. The van der Waals surface area contributed by atoms with Crippen LogP contribution < -0.4 is 10.9 Å². The molecule has 1 heterocycles. The van der Waals surface area contributed by atoms with Crippen LogP contribution in [0.5, 0.6) is 0 Å². The number of rotatable bonds is 2. The van der Waals surface area contributed by atoms with Crippen molar-refractivity contribution in [2.24, 2.45) is 7.05 Å². The first-order valence-electron chi connectivity index (χ1n) is 6.32. The van der Waals surface area contributed by atoms with Gasteiger partial charge < -0.3 is 5.32 Å². The van der Waals surface area contributed by atoms with E-state index >= 15 is 0 Å². The van der Waals surface area contributed by atoms with E-state index in [0.717, 1.165) is 27.1 Å². The second-order valence-electron chi connectivity index (χ2n) is 4.91. The van der Waals surface area contributed by atoms with E-state index in [1.54, 1.807) is 0 Å². The molecule has 0 unspecified atom stereocenters. The predicted octanol–water partition coefficient (Wildman–Crippen LogP) is 1.96. The van der Waals surface area contributed by atoms with Gasteiger partial charge in [0.1, 0.15) is 5.69 Å². The van der Waals surface area contributed by atoms with Crippen molar-refractivity contribution in [3.8, 4) is 0 Å². The number of nitrogens with one attached hydrogen (secondary N) is 1. The average molecular weight is 271 g/mol. The third-order valence-corrected chi connectivity index (χ3v) is 3.11. The molecule has 0 saturated carbocycles. The van der Waals surface area contributed by atoms with Crippen LogP contribution in [0.1, 0.15) is 27.2 Å². The van der Waals surface area contributed by atoms with E-state index in [2.05, 4.69) is 10.4 Å². The molecule has 1 aromatic heterocycles. The monoisotopic (exact) mass is 271 g/mol. The molecule has 20 heavy (non-hydrogen) atoms. The van der Waals surface area contributed by atoms with Gasteiger partial charge in [0.25, 0.3) is 11.5 Å². The Morgan fingerprint density at radius 2 is 1.75 bits per heavy atom. The van der Waals surface area contributed by atoms with Crippen molar-refractivity contribution in [3.05, 3.63) is 57.0 Å². The number of carbonyl (C=O) groups is 1. The molecule has 0 atom stereocenters. The van der Waals surface area contributed by atoms with Crippen LogP contribution in [0, 0.1) is 20.8 Å². The maximum absolute atomic E-state index is 12.2. The van der Waals surface area contributed by atoms with Gasteiger partial charge in [-0.05, 0) is 38.0 Å². The van der Waals surface area contributed by atoms with Gasteiger partial charge in [0, 0.05) is 18.8 Å². The van der Waals surface area contributed by atoms with Crippen molar-refractivity contribution >= 4 is 11.6 Å². The number of aryl methyl sites for hydroxylation is 4. The topological polar surface area (TPSA) is 64.0 Å². The second kappa shape index (κ2) is 5.28. The summed E-state index contributed by atoms with van der Waals surface area (Å²) < 4.78 is 1.14. The number of hydrogen-bond acceptors (Lipinski definition) is 3. The van der Waals surface area contributed by atoms with Crippen molar-refractivity contribution in [1.29, 1.82) is 0 Å². The average Bonchev–Trinajstić information content (AvgIpc) is 2.36. The maximum atomic E-state index is 12.2. The normalized spacial score (nSPS) is 10.4. The van der Waals surface area contributed by atoms with Crippen molar-refractivity contribution in [3.63, 3.8) is 0 Å². The first-order chi connectivity index (χ1) is 9.38. The molecule has 2 rings (SSSR count). The van der Waals surface area contributed by atoms with Crippen molar-refractivity contribution < 1.29 is 4.79 Å². The first kappa shape index (κ1) is 14.0. The zero-order valence-electron chi connectivity index (χ0n) is 12.0. The van der Waals surface area contributed by atoms with Crippen molar-refractivity contribution in [2.45, 2.75) is 20.8 Å². The van der Waals surface area contributed by atoms with E-state index in [9.17, 15) is 9.59 Å². The highest BCUT2D eigenvalue weighted by molar-refractivity contribution is 6.03. The van der Waals surface area contributed by atoms with Crippen LogP contribution in [0.2, 0.25) is 0 Å². The molecule has 0 spiro atoms. The highest BCUT2D eigenvalue weighted by Gasteiger charge is 2.12. The minimum Gasteiger partial charge on any atom is -0.320 e. The Bertz CT molecular complexity index is 709. The Kier molecular flexibility index (Phi) is 3.70. The molecule has 0 saturated heterocycles. The van der Waals surface area contributed by atoms with E-state index < -0.39 is 0 Å². The van der Waals surface area contributed by atoms with Crippen molar-refractivity contribution in [2.75, 3.05) is 5.32 Å². The van der Waals surface area contributed by atoms with E-state index in [0.29, 0.717) is 0 Å². The summed E-state index contributed by atoms with van der Waals surface area (Å²) >= 11 is 0. The maximum Gasteiger partial charge on any atom is 0.276 e. The summed E-state index contributed by atoms with van der Waals surface area (Å²) in [6.45, 7) is 5.91. The van der Waals surface area contributed by atoms with Gasteiger partial charge in [-0.25, -0.2) is 4.68 Å². The number of aromatic nitrogens is 2. The number of hydrogen-bond donors (Lipinski definition) is 1. The van der Waals surface area contributed by atoms with Gasteiger partial charge in [-0.2, -0.15) is 5.10 Å². The number of carbonyl (C=O) groups excluding carboxylic acids is 1. The Morgan fingerprint density at radius 1 is 1.15 bits per heavy atom. The van der Waals surface area contributed by atoms with Gasteiger partial charge in [0.05, 0.1) is 0 Å². The third-order valence-electron chi connectivity index (χ3n) is 3.11. The molecule has 0 aliphatic carbocycles. The second-order valence-corrected chi connectivity index (χ2v) is 4.91. The fraction of sp³-hybridized carbons (Fsp3) is 0.267. The van der Waals surface area contributed by atoms with E-state index in [-0.39, 0.29) is 17.2 Å². The number of anilines is 1. The minimum atomic E-state index is -0.323. The molecular weight excluding hydrogens is 254 g/mol. The predicted molar refractivity (Wildman–Crippen MR) is 78.1 cm³/mol. The SMILES string of the molecule is Cc1cc(C)c(NC(=O)c2ccc(=O)n(C)n2)c(C)c1. The van der Waals surface area contributed by atoms with Gasteiger partial charge in [0.15, 0.2) is 0 Å². The molecule has 5 nitrogen and oxygen atoms in total. The molecule has 0 radical (unpaired) electrons. The standard InChI is InChI=1S/C15H17N3O2/c1-9-7-10(2)14(11(3)8-9)16-15(20)12-5-6-13(19)18(4)17-12/h5-8H,1-4H3,(H,16,20). The Balaban J connectivity index is 2.32. The fourth-order valence-electron chi connectivity index (χ4n) is 2.18. The zero-order chi connectivity index (χ0) is 14.9. The van der Waals surface area contributed by atoms with Crippen LogP contribution in [0.25, 0.3) is 0 Å². The number of nitrogens with zero attached hydrogens (tertiary/aromatic N) is 2. The molecule has 0 aliphatic rings. The van der Waals surface area contributed by atoms with E-state index in [1.165, 1.54) is 19.2 Å². The van der Waals surface area contributed by atoms with Gasteiger partial charge in [0.2, 0.25) is 0 Å². The Hall–Kier alpha value is -2.43. The van der Waals surface area contributed by atoms with Gasteiger partial charge in [-0.1, -0.05) is 17.7 Å². The lowest BCUT2D eigenvalue weighted by Gasteiger charge is -2.12. The zero-order valence-corrected chi connectivity index (χ0v) is 12.0. The van der Waals surface area contributed by atoms with Gasteiger partial charge >= 0.3 is 0 Å². The summed E-state index contributed by atoms with van der Waals surface area (Å²) in [6, 6.07) is 6.78. The summed E-state index contributed by atoms with van der Waals surface area (Å²) in [6.07, 6.45) is 0. The smallest absolute Gasteiger partial charge is 0.276 e. The van der Waals surface area contributed by atoms with Crippen LogP contribution in [-0.4, -0.2) is 15.7 Å². The lowest BCUT2D eigenvalue weighted by molar-refractivity contribution is 0.102. The lowest BCUT2D eigenvalue weighted by atomic mass is 10.1. The van der Waals surface area contributed by atoms with Crippen LogP contribution in [0.15, 0.2) is 29.1 Å². The number of benzene rings is 1. The molecule has 104 valence electrons. The molecule has 1 amide bonds. The summed E-state index contributed by atoms with van der Waals surface area (Å²) in [7, 11) is 1.52. The van der Waals surface area contributed by atoms with Gasteiger partial charge in [-0.3, -0.25) is 9.59 Å². The third kappa shape index (κ3) is 2.77. The highest BCUT2D eigenvalue weighted by Crippen LogP contribution is 2.22. The molecule has 1 aromatic carbocycles. The largest absolute Gasteiger partial charge is 0.320 e. The Labute approximate surface area is 117 Å². The molecule has 0 fully saturated rings. The molecule has 0 aliphatic heterocycles. The first-order valence-corrected chi connectivity index (χ1v) is 6.32. The highest BCUT2D eigenvalue weighted by atomic mass is 16.2. The fourth-order valence-corrected chi connectivity index (χ4v) is 2.18. The minimum absolute atomic E-state index is 0.214. The quantitative estimate of drug-likeness (QED) is 0.908. The van der Waals surface area contributed by atoms with Crippen LogP contribution in [-0.2, 0) is 7.05 Å². The van der Waals surface area contributed by atoms with Gasteiger partial charge in [-0.15, -0.1) is 0 Å². The molecule has 5 heteroatoms. The van der Waals surface area contributed by atoms with E-state index in [4.69, 9.17) is 0 Å². The van der Waals surface area contributed by atoms with Crippen LogP contribution in [0.3, 0.4) is 0 Å². The summed E-state index contributed by atoms with van der Waals surface area (Å²) in [5.41, 5.74) is 3.91. The van der Waals surface area contributed by atoms with Crippen molar-refractivity contribution in [1.82, 2.24) is 9.78 Å². The van der Waals surface area contributed by atoms with Crippen LogP contribution in [0.4, 0.5) is 5.69 Å². The lowest BCUT2D eigenvalue weighted by Crippen LogP contribution is -2.24. The molecular formula is C15H17N3O2. The molecule has 1 N–H and O–H groups in total. The Morgan fingerprint density at radius 3 is 2.30 bits per heavy atom. The molecule has 2 aromatic rings. The summed E-state index contributed by atoms with van der Waals surface area (Å²) in [5.74, 6) is -0.323. The number of amides is 1. The van der Waals surface area contributed by atoms with E-state index in [1.807, 2.05) is 32.9 Å². The summed E-state index contributed by atoms with van der Waals surface area (Å²) in [4.78, 5) is 23.4.